The Labute approximate surface area is 147 Å². The van der Waals surface area contributed by atoms with Crippen LogP contribution in [0.15, 0.2) is 24.5 Å². The fourth-order valence-electron chi connectivity index (χ4n) is 2.60. The molecule has 0 radical (unpaired) electrons. The number of methoxy groups -OCH3 is 1. The summed E-state index contributed by atoms with van der Waals surface area (Å²) in [5, 5.41) is 3.16. The van der Waals surface area contributed by atoms with Crippen LogP contribution >= 0.6 is 11.6 Å². The second-order valence-electron chi connectivity index (χ2n) is 5.53. The van der Waals surface area contributed by atoms with E-state index in [0.29, 0.717) is 30.7 Å². The van der Waals surface area contributed by atoms with Gasteiger partial charge in [0, 0.05) is 37.6 Å². The molecule has 0 amide bonds. The lowest BCUT2D eigenvalue weighted by Gasteiger charge is -2.20. The molecule has 1 aliphatic heterocycles. The second kappa shape index (κ2) is 6.91. The normalized spacial score (nSPS) is 17.6. The van der Waals surface area contributed by atoms with E-state index in [1.807, 2.05) is 4.90 Å². The SMILES string of the molecule is COc1ccnc(NC2CCN(c3ncc(C(F)(F)F)cc3Cl)C2)n1. The van der Waals surface area contributed by atoms with Crippen molar-refractivity contribution in [3.8, 4) is 5.88 Å². The van der Waals surface area contributed by atoms with Crippen molar-refractivity contribution in [2.45, 2.75) is 18.6 Å². The number of nitrogens with zero attached hydrogens (tertiary/aromatic N) is 4. The highest BCUT2D eigenvalue weighted by molar-refractivity contribution is 6.33. The molecule has 3 rings (SSSR count). The van der Waals surface area contributed by atoms with E-state index in [4.69, 9.17) is 16.3 Å². The number of aromatic nitrogens is 3. The van der Waals surface area contributed by atoms with E-state index in [2.05, 4.69) is 20.3 Å². The predicted molar refractivity (Wildman–Crippen MR) is 87.1 cm³/mol. The van der Waals surface area contributed by atoms with Crippen molar-refractivity contribution in [2.24, 2.45) is 0 Å². The van der Waals surface area contributed by atoms with Crippen LogP contribution in [-0.4, -0.2) is 41.2 Å². The molecule has 2 aromatic heterocycles. The van der Waals surface area contributed by atoms with Crippen molar-refractivity contribution < 1.29 is 17.9 Å². The molecule has 1 saturated heterocycles. The van der Waals surface area contributed by atoms with Gasteiger partial charge < -0.3 is 15.0 Å². The van der Waals surface area contributed by atoms with Crippen molar-refractivity contribution in [3.05, 3.63) is 35.1 Å². The monoisotopic (exact) mass is 373 g/mol. The minimum Gasteiger partial charge on any atom is -0.481 e. The lowest BCUT2D eigenvalue weighted by Crippen LogP contribution is -2.27. The predicted octanol–water partition coefficient (Wildman–Crippen LogP) is 3.24. The fourth-order valence-corrected chi connectivity index (χ4v) is 2.88. The van der Waals surface area contributed by atoms with Gasteiger partial charge in [0.25, 0.3) is 0 Å². The van der Waals surface area contributed by atoms with Crippen LogP contribution in [0.3, 0.4) is 0 Å². The molecule has 3 heterocycles. The molecule has 134 valence electrons. The Balaban J connectivity index is 1.68. The fraction of sp³-hybridized carbons (Fsp3) is 0.400. The zero-order valence-corrected chi connectivity index (χ0v) is 14.0. The van der Waals surface area contributed by atoms with Gasteiger partial charge in [0.2, 0.25) is 11.8 Å². The molecule has 1 unspecified atom stereocenters. The van der Waals surface area contributed by atoms with Gasteiger partial charge in [-0.05, 0) is 12.5 Å². The van der Waals surface area contributed by atoms with Gasteiger partial charge in [-0.1, -0.05) is 11.6 Å². The first-order valence-corrected chi connectivity index (χ1v) is 7.86. The molecule has 25 heavy (non-hydrogen) atoms. The molecule has 0 saturated carbocycles. The van der Waals surface area contributed by atoms with E-state index < -0.39 is 11.7 Å². The van der Waals surface area contributed by atoms with Gasteiger partial charge in [0.1, 0.15) is 5.82 Å². The van der Waals surface area contributed by atoms with E-state index in [1.165, 1.54) is 7.11 Å². The van der Waals surface area contributed by atoms with Crippen LogP contribution in [-0.2, 0) is 6.18 Å². The van der Waals surface area contributed by atoms with Crippen LogP contribution in [0, 0.1) is 0 Å². The number of pyridine rings is 1. The van der Waals surface area contributed by atoms with Gasteiger partial charge in [-0.3, -0.25) is 0 Å². The Hall–Kier alpha value is -2.29. The largest absolute Gasteiger partial charge is 0.481 e. The molecule has 0 bridgehead atoms. The van der Waals surface area contributed by atoms with Crippen LogP contribution in [0.1, 0.15) is 12.0 Å². The number of alkyl halides is 3. The van der Waals surface area contributed by atoms with Gasteiger partial charge in [-0.2, -0.15) is 18.2 Å². The van der Waals surface area contributed by atoms with Crippen LogP contribution in [0.2, 0.25) is 5.02 Å². The van der Waals surface area contributed by atoms with Crippen molar-refractivity contribution in [1.82, 2.24) is 15.0 Å². The standard InChI is InChI=1S/C15H15ClF3N5O/c1-25-12-2-4-20-14(23-12)22-10-3-5-24(8-10)13-11(16)6-9(7-21-13)15(17,18)19/h2,4,6-7,10H,3,5,8H2,1H3,(H,20,22,23). The Kier molecular flexibility index (Phi) is 4.85. The highest BCUT2D eigenvalue weighted by Crippen LogP contribution is 2.34. The van der Waals surface area contributed by atoms with E-state index in [1.54, 1.807) is 12.3 Å². The molecule has 0 spiro atoms. The van der Waals surface area contributed by atoms with Gasteiger partial charge in [-0.25, -0.2) is 9.97 Å². The Morgan fingerprint density at radius 1 is 1.36 bits per heavy atom. The van der Waals surface area contributed by atoms with Crippen LogP contribution < -0.4 is 15.0 Å². The molecule has 1 N–H and O–H groups in total. The lowest BCUT2D eigenvalue weighted by molar-refractivity contribution is -0.137. The van der Waals surface area contributed by atoms with Gasteiger partial charge in [0.15, 0.2) is 0 Å². The van der Waals surface area contributed by atoms with E-state index in [-0.39, 0.29) is 11.1 Å². The zero-order chi connectivity index (χ0) is 18.0. The summed E-state index contributed by atoms with van der Waals surface area (Å²) in [6.07, 6.45) is -1.34. The van der Waals surface area contributed by atoms with Crippen molar-refractivity contribution >= 4 is 23.4 Å². The third-order valence-electron chi connectivity index (χ3n) is 3.81. The molecule has 10 heteroatoms. The summed E-state index contributed by atoms with van der Waals surface area (Å²) in [5.41, 5.74) is -0.861. The number of halogens is 4. The van der Waals surface area contributed by atoms with Gasteiger partial charge in [-0.15, -0.1) is 0 Å². The van der Waals surface area contributed by atoms with Gasteiger partial charge >= 0.3 is 6.18 Å². The van der Waals surface area contributed by atoms with Crippen molar-refractivity contribution in [2.75, 3.05) is 30.4 Å². The average molecular weight is 374 g/mol. The summed E-state index contributed by atoms with van der Waals surface area (Å²) >= 11 is 6.00. The third kappa shape index (κ3) is 4.04. The topological polar surface area (TPSA) is 63.2 Å². The molecule has 1 aliphatic rings. The third-order valence-corrected chi connectivity index (χ3v) is 4.09. The quantitative estimate of drug-likeness (QED) is 0.887. The van der Waals surface area contributed by atoms with Crippen molar-refractivity contribution in [3.63, 3.8) is 0 Å². The van der Waals surface area contributed by atoms with E-state index >= 15 is 0 Å². The maximum atomic E-state index is 12.7. The molecule has 1 fully saturated rings. The maximum Gasteiger partial charge on any atom is 0.417 e. The molecule has 1 atom stereocenters. The summed E-state index contributed by atoms with van der Waals surface area (Å²) in [5.74, 6) is 1.21. The molecule has 6 nitrogen and oxygen atoms in total. The first-order valence-electron chi connectivity index (χ1n) is 7.48. The maximum absolute atomic E-state index is 12.7. The number of anilines is 2. The average Bonchev–Trinajstić information content (AvgIpc) is 3.02. The van der Waals surface area contributed by atoms with Crippen LogP contribution in [0.25, 0.3) is 0 Å². The molecule has 0 aromatic carbocycles. The summed E-state index contributed by atoms with van der Waals surface area (Å²) in [6, 6.07) is 2.56. The second-order valence-corrected chi connectivity index (χ2v) is 5.93. The number of nitrogens with one attached hydrogen (secondary N) is 1. The highest BCUT2D eigenvalue weighted by atomic mass is 35.5. The first kappa shape index (κ1) is 17.5. The van der Waals surface area contributed by atoms with Gasteiger partial charge in [0.05, 0.1) is 17.7 Å². The minimum absolute atomic E-state index is 0.0203. The molecule has 2 aromatic rings. The summed E-state index contributed by atoms with van der Waals surface area (Å²) < 4.78 is 43.1. The molecular weight excluding hydrogens is 359 g/mol. The lowest BCUT2D eigenvalue weighted by atomic mass is 10.2. The smallest absolute Gasteiger partial charge is 0.417 e. The zero-order valence-electron chi connectivity index (χ0n) is 13.2. The summed E-state index contributed by atoms with van der Waals surface area (Å²) in [7, 11) is 1.52. The highest BCUT2D eigenvalue weighted by Gasteiger charge is 2.33. The van der Waals surface area contributed by atoms with E-state index in [9.17, 15) is 13.2 Å². The number of hydrogen-bond donors (Lipinski definition) is 1. The minimum atomic E-state index is -4.46. The van der Waals surface area contributed by atoms with Crippen LogP contribution in [0.4, 0.5) is 24.9 Å². The number of hydrogen-bond acceptors (Lipinski definition) is 6. The number of rotatable bonds is 4. The Morgan fingerprint density at radius 3 is 2.84 bits per heavy atom. The van der Waals surface area contributed by atoms with E-state index in [0.717, 1.165) is 18.7 Å². The summed E-state index contributed by atoms with van der Waals surface area (Å²) in [4.78, 5) is 14.0. The Bertz CT molecular complexity index is 758. The Morgan fingerprint density at radius 2 is 2.16 bits per heavy atom. The van der Waals surface area contributed by atoms with Crippen LogP contribution in [0.5, 0.6) is 5.88 Å². The molecule has 0 aliphatic carbocycles. The molecular formula is C15H15ClF3N5O. The summed E-state index contributed by atoms with van der Waals surface area (Å²) in [6.45, 7) is 1.14. The number of ether oxygens (including phenoxy) is 1. The first-order chi connectivity index (χ1) is 11.9. The van der Waals surface area contributed by atoms with Crippen molar-refractivity contribution in [1.29, 1.82) is 0 Å².